The molecular formula is C13H12N2O3. The van der Waals surface area contributed by atoms with E-state index in [0.717, 1.165) is 0 Å². The minimum Gasteiger partial charge on any atom is -0.319 e. The van der Waals surface area contributed by atoms with Crippen LogP contribution >= 0.6 is 0 Å². The first kappa shape index (κ1) is 12.0. The Morgan fingerprint density at radius 1 is 1.33 bits per heavy atom. The Labute approximate surface area is 103 Å². The smallest absolute Gasteiger partial charge is 0.256 e. The molecule has 0 aliphatic rings. The van der Waals surface area contributed by atoms with Gasteiger partial charge in [-0.3, -0.25) is 14.4 Å². The molecule has 2 rings (SSSR count). The Balaban J connectivity index is 2.66. The lowest BCUT2D eigenvalue weighted by atomic mass is 10.1. The summed E-state index contributed by atoms with van der Waals surface area (Å²) in [7, 11) is 1.64. The van der Waals surface area contributed by atoms with Gasteiger partial charge in [0.1, 0.15) is 0 Å². The van der Waals surface area contributed by atoms with Crippen molar-refractivity contribution >= 4 is 28.7 Å². The highest BCUT2D eigenvalue weighted by Gasteiger charge is 2.08. The minimum atomic E-state index is -0.339. The van der Waals surface area contributed by atoms with Gasteiger partial charge in [0.05, 0.1) is 5.69 Å². The van der Waals surface area contributed by atoms with Crippen molar-refractivity contribution in [1.29, 1.82) is 0 Å². The van der Waals surface area contributed by atoms with Crippen molar-refractivity contribution in [3.05, 3.63) is 40.3 Å². The summed E-state index contributed by atoms with van der Waals surface area (Å²) >= 11 is 0. The first-order valence-electron chi connectivity index (χ1n) is 5.39. The number of aromatic amines is 1. The number of carbonyl (C=O) groups is 2. The van der Waals surface area contributed by atoms with Crippen molar-refractivity contribution in [2.45, 2.75) is 6.92 Å². The molecule has 0 saturated carbocycles. The number of hydrogen-bond acceptors (Lipinski definition) is 3. The van der Waals surface area contributed by atoms with E-state index in [9.17, 15) is 14.4 Å². The highest BCUT2D eigenvalue weighted by Crippen LogP contribution is 2.19. The normalized spacial score (nSPS) is 10.3. The minimum absolute atomic E-state index is 0.115. The summed E-state index contributed by atoms with van der Waals surface area (Å²) < 4.78 is 0. The molecule has 0 atom stereocenters. The number of aldehydes is 1. The third kappa shape index (κ3) is 2.02. The Hall–Kier alpha value is -2.43. The molecular weight excluding hydrogens is 232 g/mol. The van der Waals surface area contributed by atoms with Crippen LogP contribution in [0.1, 0.15) is 17.4 Å². The van der Waals surface area contributed by atoms with Gasteiger partial charge in [0.2, 0.25) is 5.91 Å². The molecule has 0 bridgehead atoms. The van der Waals surface area contributed by atoms with Crippen LogP contribution in [-0.2, 0) is 4.79 Å². The summed E-state index contributed by atoms with van der Waals surface area (Å²) in [5.74, 6) is -0.115. The number of carbonyl (C=O) groups excluding carboxylic acids is 2. The molecule has 0 aliphatic carbocycles. The molecule has 0 saturated heterocycles. The molecule has 0 aliphatic heterocycles. The maximum absolute atomic E-state index is 11.8. The average molecular weight is 244 g/mol. The molecule has 0 unspecified atom stereocenters. The molecule has 1 amide bonds. The summed E-state index contributed by atoms with van der Waals surface area (Å²) in [4.78, 5) is 37.6. The predicted octanol–water partition coefficient (Wildman–Crippen LogP) is 1.32. The van der Waals surface area contributed by atoms with Gasteiger partial charge in [-0.2, -0.15) is 0 Å². The molecule has 0 fully saturated rings. The van der Waals surface area contributed by atoms with Crippen LogP contribution in [0.15, 0.2) is 29.1 Å². The lowest BCUT2D eigenvalue weighted by molar-refractivity contribution is -0.116. The van der Waals surface area contributed by atoms with Crippen molar-refractivity contribution in [1.82, 2.24) is 4.98 Å². The van der Waals surface area contributed by atoms with Gasteiger partial charge in [0.25, 0.3) is 5.56 Å². The number of anilines is 1. The number of hydrogen-bond donors (Lipinski definition) is 1. The fraction of sp³-hybridized carbons (Fsp3) is 0.154. The van der Waals surface area contributed by atoms with Gasteiger partial charge in [0.15, 0.2) is 6.29 Å². The van der Waals surface area contributed by atoms with Crippen molar-refractivity contribution in [3.8, 4) is 0 Å². The SMILES string of the molecule is CC(=O)N(C)c1ccc2cc(C=O)[nH]c(=O)c2c1. The van der Waals surface area contributed by atoms with Gasteiger partial charge in [-0.25, -0.2) is 0 Å². The highest BCUT2D eigenvalue weighted by molar-refractivity contribution is 5.95. The maximum Gasteiger partial charge on any atom is 0.256 e. The van der Waals surface area contributed by atoms with E-state index >= 15 is 0 Å². The second-order valence-electron chi connectivity index (χ2n) is 4.02. The quantitative estimate of drug-likeness (QED) is 0.810. The molecule has 1 heterocycles. The second-order valence-corrected chi connectivity index (χ2v) is 4.02. The van der Waals surface area contributed by atoms with Crippen LogP contribution in [-0.4, -0.2) is 24.2 Å². The van der Waals surface area contributed by atoms with Crippen molar-refractivity contribution in [3.63, 3.8) is 0 Å². The molecule has 0 spiro atoms. The zero-order valence-electron chi connectivity index (χ0n) is 10.1. The number of fused-ring (bicyclic) bond motifs is 1. The second kappa shape index (κ2) is 4.44. The summed E-state index contributed by atoms with van der Waals surface area (Å²) in [5, 5.41) is 1.12. The first-order valence-corrected chi connectivity index (χ1v) is 5.39. The van der Waals surface area contributed by atoms with Crippen molar-refractivity contribution in [2.75, 3.05) is 11.9 Å². The predicted molar refractivity (Wildman–Crippen MR) is 69.0 cm³/mol. The van der Waals surface area contributed by atoms with Crippen LogP contribution in [0.5, 0.6) is 0 Å². The topological polar surface area (TPSA) is 70.2 Å². The van der Waals surface area contributed by atoms with E-state index in [-0.39, 0.29) is 17.2 Å². The molecule has 5 heteroatoms. The van der Waals surface area contributed by atoms with E-state index in [2.05, 4.69) is 4.98 Å². The van der Waals surface area contributed by atoms with E-state index in [1.54, 1.807) is 31.3 Å². The maximum atomic E-state index is 11.8. The van der Waals surface area contributed by atoms with Gasteiger partial charge in [-0.05, 0) is 23.6 Å². The number of H-pyrrole nitrogens is 1. The number of amides is 1. The largest absolute Gasteiger partial charge is 0.319 e. The van der Waals surface area contributed by atoms with Crippen LogP contribution in [0.2, 0.25) is 0 Å². The Morgan fingerprint density at radius 2 is 2.06 bits per heavy atom. The zero-order chi connectivity index (χ0) is 13.3. The average Bonchev–Trinajstić information content (AvgIpc) is 2.37. The van der Waals surface area contributed by atoms with Crippen LogP contribution < -0.4 is 10.5 Å². The van der Waals surface area contributed by atoms with E-state index in [0.29, 0.717) is 22.7 Å². The van der Waals surface area contributed by atoms with E-state index in [1.165, 1.54) is 11.8 Å². The van der Waals surface area contributed by atoms with Gasteiger partial charge in [-0.1, -0.05) is 6.07 Å². The van der Waals surface area contributed by atoms with E-state index in [4.69, 9.17) is 0 Å². The molecule has 1 aromatic carbocycles. The number of aromatic nitrogens is 1. The molecule has 5 nitrogen and oxygen atoms in total. The van der Waals surface area contributed by atoms with Crippen molar-refractivity contribution < 1.29 is 9.59 Å². The molecule has 0 radical (unpaired) electrons. The van der Waals surface area contributed by atoms with E-state index in [1.807, 2.05) is 0 Å². The van der Waals surface area contributed by atoms with Crippen LogP contribution in [0.4, 0.5) is 5.69 Å². The fourth-order valence-electron chi connectivity index (χ4n) is 1.72. The van der Waals surface area contributed by atoms with Gasteiger partial charge >= 0.3 is 0 Å². The summed E-state index contributed by atoms with van der Waals surface area (Å²) in [6, 6.07) is 6.68. The Kier molecular flexibility index (Phi) is 2.97. The molecule has 18 heavy (non-hydrogen) atoms. The lowest BCUT2D eigenvalue weighted by Gasteiger charge is -2.15. The van der Waals surface area contributed by atoms with Gasteiger partial charge < -0.3 is 9.88 Å². The van der Waals surface area contributed by atoms with Crippen LogP contribution in [0, 0.1) is 0 Å². The molecule has 1 aromatic heterocycles. The fourth-order valence-corrected chi connectivity index (χ4v) is 1.72. The first-order chi connectivity index (χ1) is 8.52. The third-order valence-corrected chi connectivity index (χ3v) is 2.84. The summed E-state index contributed by atoms with van der Waals surface area (Å²) in [5.41, 5.74) is 0.535. The number of nitrogens with zero attached hydrogens (tertiary/aromatic N) is 1. The Morgan fingerprint density at radius 3 is 2.67 bits per heavy atom. The Bertz CT molecular complexity index is 688. The number of benzene rings is 1. The summed E-state index contributed by atoms with van der Waals surface area (Å²) in [6.07, 6.45) is 0.594. The van der Waals surface area contributed by atoms with Gasteiger partial charge in [-0.15, -0.1) is 0 Å². The lowest BCUT2D eigenvalue weighted by Crippen LogP contribution is -2.23. The van der Waals surface area contributed by atoms with Gasteiger partial charge in [0, 0.05) is 25.0 Å². The monoisotopic (exact) mass is 244 g/mol. The number of pyridine rings is 1. The zero-order valence-corrected chi connectivity index (χ0v) is 10.1. The molecule has 2 aromatic rings. The summed E-state index contributed by atoms with van der Waals surface area (Å²) in [6.45, 7) is 1.45. The number of nitrogens with one attached hydrogen (secondary N) is 1. The standard InChI is InChI=1S/C13H12N2O3/c1-8(17)15(2)11-4-3-9-5-10(7-16)14-13(18)12(9)6-11/h3-7H,1-2H3,(H,14,18). The highest BCUT2D eigenvalue weighted by atomic mass is 16.2. The third-order valence-electron chi connectivity index (χ3n) is 2.84. The number of rotatable bonds is 2. The molecule has 92 valence electrons. The van der Waals surface area contributed by atoms with Crippen LogP contribution in [0.3, 0.4) is 0 Å². The van der Waals surface area contributed by atoms with E-state index < -0.39 is 0 Å². The van der Waals surface area contributed by atoms with Crippen molar-refractivity contribution in [2.24, 2.45) is 0 Å². The molecule has 1 N–H and O–H groups in total. The van der Waals surface area contributed by atoms with Crippen LogP contribution in [0.25, 0.3) is 10.8 Å².